The van der Waals surface area contributed by atoms with Crippen molar-refractivity contribution in [1.82, 2.24) is 0 Å². The van der Waals surface area contributed by atoms with Crippen LogP contribution in [0.2, 0.25) is 5.02 Å². The first kappa shape index (κ1) is 9.32. The molecule has 0 heterocycles. The highest BCUT2D eigenvalue weighted by molar-refractivity contribution is 6.30. The van der Waals surface area contributed by atoms with Crippen molar-refractivity contribution in [3.63, 3.8) is 0 Å². The fourth-order valence-corrected chi connectivity index (χ4v) is 1.09. The third-order valence-corrected chi connectivity index (χ3v) is 1.71. The normalized spacial score (nSPS) is 10.4. The Bertz CT molecular complexity index is 273. The maximum Gasteiger partial charge on any atom is 0.182 e. The highest BCUT2D eigenvalue weighted by Gasteiger charge is 2.09. The minimum atomic E-state index is -1.56. The molecule has 2 N–H and O–H groups in total. The zero-order valence-electron chi connectivity index (χ0n) is 6.49. The van der Waals surface area contributed by atoms with Gasteiger partial charge in [-0.15, -0.1) is 0 Å². The van der Waals surface area contributed by atoms with E-state index in [0.29, 0.717) is 10.8 Å². The molecule has 0 bridgehead atoms. The zero-order valence-corrected chi connectivity index (χ0v) is 7.25. The van der Waals surface area contributed by atoms with E-state index >= 15 is 0 Å². The lowest BCUT2D eigenvalue weighted by Crippen LogP contribution is -1.98. The Morgan fingerprint density at radius 2 is 2.08 bits per heavy atom. The number of hydrogen-bond acceptors (Lipinski definition) is 3. The monoisotopic (exact) mass is 188 g/mol. The van der Waals surface area contributed by atoms with Crippen molar-refractivity contribution in [2.75, 3.05) is 7.11 Å². The largest absolute Gasteiger partial charge is 0.496 e. The van der Waals surface area contributed by atoms with Crippen LogP contribution in [0.5, 0.6) is 5.75 Å². The van der Waals surface area contributed by atoms with Gasteiger partial charge in [-0.05, 0) is 18.2 Å². The lowest BCUT2D eigenvalue weighted by atomic mass is 10.2. The smallest absolute Gasteiger partial charge is 0.182 e. The van der Waals surface area contributed by atoms with Gasteiger partial charge in [0.05, 0.1) is 12.7 Å². The van der Waals surface area contributed by atoms with Crippen molar-refractivity contribution >= 4 is 11.6 Å². The summed E-state index contributed by atoms with van der Waals surface area (Å²) in [6.07, 6.45) is -1.56. The van der Waals surface area contributed by atoms with Crippen LogP contribution in [0.4, 0.5) is 0 Å². The van der Waals surface area contributed by atoms with Crippen LogP contribution in [0.25, 0.3) is 0 Å². The molecule has 0 saturated carbocycles. The molecule has 1 rings (SSSR count). The first-order valence-corrected chi connectivity index (χ1v) is 3.72. The number of hydrogen-bond donors (Lipinski definition) is 2. The van der Waals surface area contributed by atoms with Crippen molar-refractivity contribution in [3.05, 3.63) is 28.8 Å². The minimum Gasteiger partial charge on any atom is -0.496 e. The van der Waals surface area contributed by atoms with Crippen LogP contribution in [0.3, 0.4) is 0 Å². The van der Waals surface area contributed by atoms with Gasteiger partial charge in [0.15, 0.2) is 6.29 Å². The zero-order chi connectivity index (χ0) is 9.14. The molecule has 0 aliphatic heterocycles. The Hall–Kier alpha value is -0.770. The summed E-state index contributed by atoms with van der Waals surface area (Å²) in [5.41, 5.74) is 0.269. The van der Waals surface area contributed by atoms with Gasteiger partial charge >= 0.3 is 0 Å². The second-order valence-electron chi connectivity index (χ2n) is 2.26. The van der Waals surface area contributed by atoms with Gasteiger partial charge in [-0.2, -0.15) is 0 Å². The van der Waals surface area contributed by atoms with Gasteiger partial charge in [0.1, 0.15) is 5.75 Å². The van der Waals surface area contributed by atoms with Gasteiger partial charge in [0.2, 0.25) is 0 Å². The number of benzene rings is 1. The molecule has 0 saturated heterocycles. The fourth-order valence-electron chi connectivity index (χ4n) is 0.907. The van der Waals surface area contributed by atoms with Gasteiger partial charge in [0.25, 0.3) is 0 Å². The van der Waals surface area contributed by atoms with E-state index < -0.39 is 6.29 Å². The Labute approximate surface area is 75.2 Å². The molecule has 0 amide bonds. The quantitative estimate of drug-likeness (QED) is 0.689. The summed E-state index contributed by atoms with van der Waals surface area (Å²) < 4.78 is 4.88. The summed E-state index contributed by atoms with van der Waals surface area (Å²) in [7, 11) is 1.45. The van der Waals surface area contributed by atoms with Crippen molar-refractivity contribution in [2.45, 2.75) is 6.29 Å². The van der Waals surface area contributed by atoms with Gasteiger partial charge in [-0.25, -0.2) is 0 Å². The summed E-state index contributed by atoms with van der Waals surface area (Å²) >= 11 is 5.64. The second-order valence-corrected chi connectivity index (χ2v) is 2.70. The van der Waals surface area contributed by atoms with E-state index in [2.05, 4.69) is 0 Å². The Morgan fingerprint density at radius 1 is 1.42 bits per heavy atom. The lowest BCUT2D eigenvalue weighted by Gasteiger charge is -2.09. The first-order chi connectivity index (χ1) is 5.65. The molecule has 1 aromatic rings. The van der Waals surface area contributed by atoms with Crippen LogP contribution in [0, 0.1) is 0 Å². The van der Waals surface area contributed by atoms with Crippen LogP contribution in [-0.4, -0.2) is 17.3 Å². The SMILES string of the molecule is COc1ccc(Cl)cc1C(O)O. The number of methoxy groups -OCH3 is 1. The van der Waals surface area contributed by atoms with E-state index in [1.54, 1.807) is 12.1 Å². The topological polar surface area (TPSA) is 49.7 Å². The van der Waals surface area contributed by atoms with E-state index in [-0.39, 0.29) is 5.56 Å². The average molecular weight is 189 g/mol. The number of aliphatic hydroxyl groups excluding tert-OH is 1. The maximum atomic E-state index is 8.88. The Balaban J connectivity index is 3.12. The van der Waals surface area contributed by atoms with Crippen molar-refractivity contribution in [3.8, 4) is 5.75 Å². The maximum absolute atomic E-state index is 8.88. The van der Waals surface area contributed by atoms with Crippen LogP contribution in [0.15, 0.2) is 18.2 Å². The molecule has 3 nitrogen and oxygen atoms in total. The van der Waals surface area contributed by atoms with Gasteiger partial charge in [0, 0.05) is 5.02 Å². The summed E-state index contributed by atoms with van der Waals surface area (Å²) in [6, 6.07) is 4.65. The standard InChI is InChI=1S/C8H9ClO3/c1-12-7-3-2-5(9)4-6(7)8(10)11/h2-4,8,10-11H,1H3. The molecule has 0 radical (unpaired) electrons. The Morgan fingerprint density at radius 3 is 2.58 bits per heavy atom. The van der Waals surface area contributed by atoms with Crippen molar-refractivity contribution in [1.29, 1.82) is 0 Å². The summed E-state index contributed by atoms with van der Waals surface area (Å²) in [4.78, 5) is 0. The Kier molecular flexibility index (Phi) is 2.92. The van der Waals surface area contributed by atoms with E-state index in [4.69, 9.17) is 26.6 Å². The molecule has 12 heavy (non-hydrogen) atoms. The second kappa shape index (κ2) is 3.76. The predicted molar refractivity (Wildman–Crippen MR) is 45.2 cm³/mol. The van der Waals surface area contributed by atoms with E-state index in [1.807, 2.05) is 0 Å². The molecule has 0 fully saturated rings. The number of rotatable bonds is 2. The highest BCUT2D eigenvalue weighted by Crippen LogP contribution is 2.26. The molecule has 0 aliphatic rings. The van der Waals surface area contributed by atoms with E-state index in [9.17, 15) is 0 Å². The average Bonchev–Trinajstić information content (AvgIpc) is 2.04. The molecule has 0 aromatic heterocycles. The highest BCUT2D eigenvalue weighted by atomic mass is 35.5. The van der Waals surface area contributed by atoms with Crippen LogP contribution >= 0.6 is 11.6 Å². The molecular formula is C8H9ClO3. The molecular weight excluding hydrogens is 180 g/mol. The molecule has 4 heteroatoms. The fraction of sp³-hybridized carbons (Fsp3) is 0.250. The van der Waals surface area contributed by atoms with Gasteiger partial charge < -0.3 is 14.9 Å². The number of halogens is 1. The van der Waals surface area contributed by atoms with Crippen LogP contribution in [0.1, 0.15) is 11.9 Å². The lowest BCUT2D eigenvalue weighted by molar-refractivity contribution is -0.0439. The molecule has 66 valence electrons. The van der Waals surface area contributed by atoms with E-state index in [0.717, 1.165) is 0 Å². The van der Waals surface area contributed by atoms with E-state index in [1.165, 1.54) is 13.2 Å². The van der Waals surface area contributed by atoms with Gasteiger partial charge in [-0.3, -0.25) is 0 Å². The summed E-state index contributed by atoms with van der Waals surface area (Å²) in [5.74, 6) is 0.411. The molecule has 0 unspecified atom stereocenters. The third kappa shape index (κ3) is 1.88. The third-order valence-electron chi connectivity index (χ3n) is 1.47. The minimum absolute atomic E-state index is 0.269. The molecule has 0 atom stereocenters. The number of aliphatic hydroxyl groups is 2. The van der Waals surface area contributed by atoms with Crippen molar-refractivity contribution in [2.24, 2.45) is 0 Å². The molecule has 0 aliphatic carbocycles. The van der Waals surface area contributed by atoms with Gasteiger partial charge in [-0.1, -0.05) is 11.6 Å². The number of ether oxygens (including phenoxy) is 1. The summed E-state index contributed by atoms with van der Waals surface area (Å²) in [6.45, 7) is 0. The summed E-state index contributed by atoms with van der Waals surface area (Å²) in [5, 5.41) is 18.2. The molecule has 1 aromatic carbocycles. The predicted octanol–water partition coefficient (Wildman–Crippen LogP) is 1.33. The van der Waals surface area contributed by atoms with Crippen LogP contribution < -0.4 is 4.74 Å². The first-order valence-electron chi connectivity index (χ1n) is 3.34. The van der Waals surface area contributed by atoms with Crippen molar-refractivity contribution < 1.29 is 14.9 Å². The molecule has 0 spiro atoms. The van der Waals surface area contributed by atoms with Crippen LogP contribution in [-0.2, 0) is 0 Å².